The molecule has 45 heavy (non-hydrogen) atoms. The number of benzene rings is 2. The van der Waals surface area contributed by atoms with Crippen molar-refractivity contribution < 1.29 is 13.2 Å². The van der Waals surface area contributed by atoms with Crippen molar-refractivity contribution >= 4 is 27.5 Å². The van der Waals surface area contributed by atoms with Crippen molar-refractivity contribution in [3.05, 3.63) is 64.2 Å². The lowest BCUT2D eigenvalue weighted by Gasteiger charge is -2.47. The molecular formula is C37H54ClN3O3S. The van der Waals surface area contributed by atoms with E-state index in [-0.39, 0.29) is 11.9 Å². The summed E-state index contributed by atoms with van der Waals surface area (Å²) < 4.78 is 29.1. The molecule has 6 nitrogen and oxygen atoms in total. The number of carbonyl (C=O) groups excluding carboxylic acids is 1. The quantitative estimate of drug-likeness (QED) is 0.234. The van der Waals surface area contributed by atoms with Gasteiger partial charge >= 0.3 is 0 Å². The van der Waals surface area contributed by atoms with Gasteiger partial charge in [-0.05, 0) is 139 Å². The Hall–Kier alpha value is -1.93. The third kappa shape index (κ3) is 8.33. The molecule has 0 radical (unpaired) electrons. The van der Waals surface area contributed by atoms with Gasteiger partial charge in [0.2, 0.25) is 15.9 Å². The maximum absolute atomic E-state index is 13.7. The van der Waals surface area contributed by atoms with E-state index in [9.17, 15) is 13.2 Å². The molecule has 1 atom stereocenters. The minimum atomic E-state index is -3.66. The third-order valence-electron chi connectivity index (χ3n) is 11.0. The van der Waals surface area contributed by atoms with Gasteiger partial charge < -0.3 is 4.90 Å². The summed E-state index contributed by atoms with van der Waals surface area (Å²) in [6.45, 7) is 7.41. The van der Waals surface area contributed by atoms with Crippen LogP contribution in [0.15, 0.2) is 47.4 Å². The van der Waals surface area contributed by atoms with Gasteiger partial charge in [-0.2, -0.15) is 4.31 Å². The number of sulfonamides is 1. The molecule has 2 saturated heterocycles. The molecule has 2 aromatic carbocycles. The number of rotatable bonds is 12. The third-order valence-corrected chi connectivity index (χ3v) is 13.5. The van der Waals surface area contributed by atoms with E-state index in [4.69, 9.17) is 11.6 Å². The first-order valence-corrected chi connectivity index (χ1v) is 19.2. The average Bonchev–Trinajstić information content (AvgIpc) is 3.59. The fourth-order valence-corrected chi connectivity index (χ4v) is 10.5. The first-order chi connectivity index (χ1) is 21.6. The Labute approximate surface area is 277 Å². The van der Waals surface area contributed by atoms with Crippen LogP contribution in [0.25, 0.3) is 0 Å². The van der Waals surface area contributed by atoms with Crippen LogP contribution in [0.3, 0.4) is 0 Å². The summed E-state index contributed by atoms with van der Waals surface area (Å²) in [5.41, 5.74) is 3.21. The van der Waals surface area contributed by atoms with Gasteiger partial charge in [0, 0.05) is 43.2 Å². The van der Waals surface area contributed by atoms with Gasteiger partial charge in [-0.3, -0.25) is 9.69 Å². The SMILES string of the molecule is Cc1cc(S(=O)(=O)N2CCCCC2CCC(=O)N(C)CCCC2CCC(Cc3ccccc3)(N3CCCC3)CC2)c(C)cc1Cl. The molecule has 0 aromatic heterocycles. The molecule has 1 unspecified atom stereocenters. The van der Waals surface area contributed by atoms with E-state index in [1.165, 1.54) is 63.6 Å². The Morgan fingerprint density at radius 3 is 2.33 bits per heavy atom. The maximum Gasteiger partial charge on any atom is 0.243 e. The number of likely N-dealkylation sites (tertiary alicyclic amines) is 1. The van der Waals surface area contributed by atoms with Crippen LogP contribution in [-0.4, -0.2) is 73.2 Å². The van der Waals surface area contributed by atoms with E-state index in [1.54, 1.807) is 23.4 Å². The van der Waals surface area contributed by atoms with Crippen LogP contribution in [0.2, 0.25) is 5.02 Å². The Morgan fingerprint density at radius 1 is 0.933 bits per heavy atom. The maximum atomic E-state index is 13.7. The second kappa shape index (κ2) is 15.3. The highest BCUT2D eigenvalue weighted by atomic mass is 35.5. The van der Waals surface area contributed by atoms with Crippen molar-refractivity contribution in [1.29, 1.82) is 0 Å². The van der Waals surface area contributed by atoms with Crippen LogP contribution in [0.1, 0.15) is 100 Å². The van der Waals surface area contributed by atoms with E-state index in [2.05, 4.69) is 35.2 Å². The highest BCUT2D eigenvalue weighted by Gasteiger charge is 2.41. The molecule has 248 valence electrons. The van der Waals surface area contributed by atoms with Crippen molar-refractivity contribution in [2.45, 2.75) is 120 Å². The first kappa shape index (κ1) is 34.4. The number of aryl methyl sites for hydroxylation is 2. The molecule has 1 amide bonds. The molecule has 1 aliphatic carbocycles. The summed E-state index contributed by atoms with van der Waals surface area (Å²) in [4.78, 5) is 18.2. The van der Waals surface area contributed by atoms with Gasteiger partial charge in [0.1, 0.15) is 0 Å². The van der Waals surface area contributed by atoms with Crippen LogP contribution in [0, 0.1) is 19.8 Å². The highest BCUT2D eigenvalue weighted by molar-refractivity contribution is 7.89. The molecule has 0 bridgehead atoms. The average molecular weight is 656 g/mol. The number of nitrogens with zero attached hydrogens (tertiary/aromatic N) is 3. The predicted molar refractivity (Wildman–Crippen MR) is 184 cm³/mol. The van der Waals surface area contributed by atoms with Gasteiger partial charge in [-0.1, -0.05) is 48.4 Å². The highest BCUT2D eigenvalue weighted by Crippen LogP contribution is 2.42. The summed E-state index contributed by atoms with van der Waals surface area (Å²) >= 11 is 6.26. The van der Waals surface area contributed by atoms with E-state index >= 15 is 0 Å². The van der Waals surface area contributed by atoms with Gasteiger partial charge in [0.25, 0.3) is 0 Å². The molecular weight excluding hydrogens is 602 g/mol. The minimum Gasteiger partial charge on any atom is -0.346 e. The fraction of sp³-hybridized carbons (Fsp3) is 0.649. The summed E-state index contributed by atoms with van der Waals surface area (Å²) in [6, 6.07) is 14.3. The molecule has 8 heteroatoms. The monoisotopic (exact) mass is 655 g/mol. The zero-order valence-corrected chi connectivity index (χ0v) is 29.3. The number of hydrogen-bond acceptors (Lipinski definition) is 4. The van der Waals surface area contributed by atoms with Crippen LogP contribution in [0.5, 0.6) is 0 Å². The zero-order valence-electron chi connectivity index (χ0n) is 27.8. The number of piperidine rings is 1. The minimum absolute atomic E-state index is 0.121. The number of amides is 1. The van der Waals surface area contributed by atoms with Crippen LogP contribution in [0.4, 0.5) is 0 Å². The smallest absolute Gasteiger partial charge is 0.243 e. The second-order valence-electron chi connectivity index (χ2n) is 14.2. The largest absolute Gasteiger partial charge is 0.346 e. The number of hydrogen-bond donors (Lipinski definition) is 0. The Morgan fingerprint density at radius 2 is 1.62 bits per heavy atom. The van der Waals surface area contributed by atoms with Crippen molar-refractivity contribution in [3.63, 3.8) is 0 Å². The standard InChI is InChI=1S/C37H54ClN3O3S/c1-29-27-35(30(2)26-34(29)38)45(43,44)41-25-8-7-15-33(41)16-17-36(42)39(3)22-11-14-31-18-20-37(21-19-31,40-23-9-10-24-40)28-32-12-5-4-6-13-32/h4-6,12-13,26-27,31,33H,7-11,14-25,28H2,1-3H3. The van der Waals surface area contributed by atoms with Crippen molar-refractivity contribution in [3.8, 4) is 0 Å². The number of halogens is 1. The molecule has 2 heterocycles. The Balaban J connectivity index is 1.09. The summed E-state index contributed by atoms with van der Waals surface area (Å²) in [6.07, 6.45) is 14.7. The van der Waals surface area contributed by atoms with Gasteiger partial charge in [-0.15, -0.1) is 0 Å². The topological polar surface area (TPSA) is 60.9 Å². The van der Waals surface area contributed by atoms with Crippen molar-refractivity contribution in [1.82, 2.24) is 14.1 Å². The van der Waals surface area contributed by atoms with E-state index in [0.717, 1.165) is 50.1 Å². The molecule has 0 N–H and O–H groups in total. The predicted octanol–water partition coefficient (Wildman–Crippen LogP) is 7.79. The molecule has 3 aliphatic rings. The van der Waals surface area contributed by atoms with Crippen molar-refractivity contribution in [2.24, 2.45) is 5.92 Å². The molecule has 2 aromatic rings. The van der Waals surface area contributed by atoms with Gasteiger partial charge in [0.05, 0.1) is 4.90 Å². The summed E-state index contributed by atoms with van der Waals surface area (Å²) in [5.74, 6) is 0.858. The lowest BCUT2D eigenvalue weighted by atomic mass is 9.71. The van der Waals surface area contributed by atoms with E-state index in [1.807, 2.05) is 18.9 Å². The summed E-state index contributed by atoms with van der Waals surface area (Å²) in [7, 11) is -1.75. The molecule has 2 aliphatic heterocycles. The molecule has 5 rings (SSSR count). The van der Waals surface area contributed by atoms with Gasteiger partial charge in [-0.25, -0.2) is 8.42 Å². The van der Waals surface area contributed by atoms with E-state index in [0.29, 0.717) is 40.4 Å². The molecule has 3 fully saturated rings. The zero-order chi connectivity index (χ0) is 32.0. The molecule has 0 spiro atoms. The lowest BCUT2D eigenvalue weighted by Crippen LogP contribution is -2.51. The first-order valence-electron chi connectivity index (χ1n) is 17.4. The van der Waals surface area contributed by atoms with Crippen LogP contribution >= 0.6 is 11.6 Å². The summed E-state index contributed by atoms with van der Waals surface area (Å²) in [5, 5.41) is 0.581. The van der Waals surface area contributed by atoms with Crippen molar-refractivity contribution in [2.75, 3.05) is 33.2 Å². The Kier molecular flexibility index (Phi) is 11.7. The van der Waals surface area contributed by atoms with E-state index < -0.39 is 10.0 Å². The second-order valence-corrected chi connectivity index (χ2v) is 16.4. The van der Waals surface area contributed by atoms with Crippen LogP contribution < -0.4 is 0 Å². The van der Waals surface area contributed by atoms with Crippen LogP contribution in [-0.2, 0) is 21.2 Å². The fourth-order valence-electron chi connectivity index (χ4n) is 8.24. The normalized spacial score (nSPS) is 25.0. The van der Waals surface area contributed by atoms with Gasteiger partial charge in [0.15, 0.2) is 0 Å². The number of carbonyl (C=O) groups is 1. The molecule has 1 saturated carbocycles. The lowest BCUT2D eigenvalue weighted by molar-refractivity contribution is -0.130. The Bertz CT molecular complexity index is 1390.